The highest BCUT2D eigenvalue weighted by molar-refractivity contribution is 6.30. The molecule has 17 heavy (non-hydrogen) atoms. The Morgan fingerprint density at radius 1 is 1.29 bits per heavy atom. The largest absolute Gasteiger partial charge is 0.359 e. The lowest BCUT2D eigenvalue weighted by atomic mass is 9.89. The van der Waals surface area contributed by atoms with Gasteiger partial charge in [-0.3, -0.25) is 0 Å². The van der Waals surface area contributed by atoms with Crippen molar-refractivity contribution < 1.29 is 0 Å². The molecular weight excluding hydrogens is 234 g/mol. The maximum atomic E-state index is 6.02. The van der Waals surface area contributed by atoms with Crippen LogP contribution in [0.15, 0.2) is 6.33 Å². The first-order valence-electron chi connectivity index (χ1n) is 6.36. The van der Waals surface area contributed by atoms with Crippen molar-refractivity contribution in [3.63, 3.8) is 0 Å². The summed E-state index contributed by atoms with van der Waals surface area (Å²) in [6.07, 6.45) is 8.40. The summed E-state index contributed by atoms with van der Waals surface area (Å²) >= 11 is 6.02. The van der Waals surface area contributed by atoms with Gasteiger partial charge in [0.1, 0.15) is 17.3 Å². The fourth-order valence-electron chi connectivity index (χ4n) is 2.65. The van der Waals surface area contributed by atoms with E-state index in [0.29, 0.717) is 5.15 Å². The number of anilines is 1. The van der Waals surface area contributed by atoms with Gasteiger partial charge >= 0.3 is 0 Å². The molecule has 1 aromatic rings. The van der Waals surface area contributed by atoms with Crippen molar-refractivity contribution in [2.45, 2.75) is 39.0 Å². The van der Waals surface area contributed by atoms with Gasteiger partial charge in [0, 0.05) is 19.2 Å². The van der Waals surface area contributed by atoms with Crippen LogP contribution in [0, 0.1) is 12.8 Å². The van der Waals surface area contributed by atoms with Crippen LogP contribution in [0.2, 0.25) is 5.15 Å². The number of halogens is 1. The Morgan fingerprint density at radius 2 is 2.00 bits per heavy atom. The summed E-state index contributed by atoms with van der Waals surface area (Å²) in [5.41, 5.74) is 0.979. The summed E-state index contributed by atoms with van der Waals surface area (Å²) < 4.78 is 0. The first-order valence-corrected chi connectivity index (χ1v) is 6.74. The Bertz CT molecular complexity index is 375. The molecular formula is C13H20ClN3. The van der Waals surface area contributed by atoms with Crippen molar-refractivity contribution in [3.8, 4) is 0 Å². The predicted molar refractivity (Wildman–Crippen MR) is 71.6 cm³/mol. The smallest absolute Gasteiger partial charge is 0.137 e. The van der Waals surface area contributed by atoms with Crippen LogP contribution in [0.3, 0.4) is 0 Å². The summed E-state index contributed by atoms with van der Waals surface area (Å²) in [7, 11) is 2.10. The van der Waals surface area contributed by atoms with Crippen LogP contribution in [-0.4, -0.2) is 23.6 Å². The monoisotopic (exact) mass is 253 g/mol. The molecule has 0 spiro atoms. The SMILES string of the molecule is Cc1c(Cl)ncnc1N(C)CC1CCCCC1. The Labute approximate surface area is 108 Å². The Balaban J connectivity index is 2.03. The molecule has 0 N–H and O–H groups in total. The quantitative estimate of drug-likeness (QED) is 0.773. The van der Waals surface area contributed by atoms with Gasteiger partial charge in [-0.05, 0) is 25.7 Å². The summed E-state index contributed by atoms with van der Waals surface area (Å²) in [5, 5.41) is 0.561. The number of aromatic nitrogens is 2. The zero-order chi connectivity index (χ0) is 12.3. The van der Waals surface area contributed by atoms with Crippen LogP contribution in [0.4, 0.5) is 5.82 Å². The van der Waals surface area contributed by atoms with Gasteiger partial charge in [0.25, 0.3) is 0 Å². The van der Waals surface area contributed by atoms with Gasteiger partial charge in [0.05, 0.1) is 0 Å². The van der Waals surface area contributed by atoms with Crippen LogP contribution < -0.4 is 4.90 Å². The summed E-state index contributed by atoms with van der Waals surface area (Å²) in [4.78, 5) is 10.6. The molecule has 0 aliphatic heterocycles. The summed E-state index contributed by atoms with van der Waals surface area (Å²) in [5.74, 6) is 1.78. The van der Waals surface area contributed by atoms with Crippen LogP contribution >= 0.6 is 11.6 Å². The van der Waals surface area contributed by atoms with Crippen LogP contribution in [0.1, 0.15) is 37.7 Å². The van der Waals surface area contributed by atoms with E-state index >= 15 is 0 Å². The van der Waals surface area contributed by atoms with Crippen molar-refractivity contribution in [1.29, 1.82) is 0 Å². The second kappa shape index (κ2) is 5.67. The van der Waals surface area contributed by atoms with Crippen LogP contribution in [0.5, 0.6) is 0 Å². The van der Waals surface area contributed by atoms with Gasteiger partial charge in [-0.2, -0.15) is 0 Å². The van der Waals surface area contributed by atoms with Gasteiger partial charge in [-0.15, -0.1) is 0 Å². The molecule has 1 aliphatic rings. The van der Waals surface area contributed by atoms with Gasteiger partial charge < -0.3 is 4.90 Å². The minimum absolute atomic E-state index is 0.561. The Morgan fingerprint density at radius 3 is 2.71 bits per heavy atom. The zero-order valence-electron chi connectivity index (χ0n) is 10.6. The van der Waals surface area contributed by atoms with Crippen molar-refractivity contribution >= 4 is 17.4 Å². The molecule has 0 aromatic carbocycles. The number of nitrogens with zero attached hydrogens (tertiary/aromatic N) is 3. The minimum Gasteiger partial charge on any atom is -0.359 e. The molecule has 0 unspecified atom stereocenters. The average molecular weight is 254 g/mol. The Hall–Kier alpha value is -0.830. The molecule has 3 nitrogen and oxygen atoms in total. The molecule has 1 aromatic heterocycles. The summed E-state index contributed by atoms with van der Waals surface area (Å²) in [6.45, 7) is 3.06. The minimum atomic E-state index is 0.561. The third-order valence-electron chi connectivity index (χ3n) is 3.61. The molecule has 2 rings (SSSR count). The molecule has 0 radical (unpaired) electrons. The Kier molecular flexibility index (Phi) is 4.21. The molecule has 1 saturated carbocycles. The van der Waals surface area contributed by atoms with E-state index in [9.17, 15) is 0 Å². The van der Waals surface area contributed by atoms with Crippen molar-refractivity contribution in [1.82, 2.24) is 9.97 Å². The van der Waals surface area contributed by atoms with Crippen LogP contribution in [-0.2, 0) is 0 Å². The van der Waals surface area contributed by atoms with E-state index in [1.165, 1.54) is 32.1 Å². The molecule has 0 amide bonds. The average Bonchev–Trinajstić information content (AvgIpc) is 2.34. The van der Waals surface area contributed by atoms with E-state index in [-0.39, 0.29) is 0 Å². The van der Waals surface area contributed by atoms with Crippen molar-refractivity contribution in [2.75, 3.05) is 18.5 Å². The first-order chi connectivity index (χ1) is 8.18. The lowest BCUT2D eigenvalue weighted by Crippen LogP contribution is -2.28. The zero-order valence-corrected chi connectivity index (χ0v) is 11.4. The maximum Gasteiger partial charge on any atom is 0.137 e. The molecule has 0 bridgehead atoms. The number of rotatable bonds is 3. The highest BCUT2D eigenvalue weighted by Gasteiger charge is 2.17. The highest BCUT2D eigenvalue weighted by Crippen LogP contribution is 2.27. The third-order valence-corrected chi connectivity index (χ3v) is 4.00. The standard InChI is InChI=1S/C13H20ClN3/c1-10-12(14)15-9-16-13(10)17(2)8-11-6-4-3-5-7-11/h9,11H,3-8H2,1-2H3. The third kappa shape index (κ3) is 3.09. The normalized spacial score (nSPS) is 17.1. The fourth-order valence-corrected chi connectivity index (χ4v) is 2.78. The van der Waals surface area contributed by atoms with Gasteiger partial charge in [-0.25, -0.2) is 9.97 Å². The van der Waals surface area contributed by atoms with Gasteiger partial charge in [0.2, 0.25) is 0 Å². The molecule has 1 fully saturated rings. The lowest BCUT2D eigenvalue weighted by molar-refractivity contribution is 0.361. The molecule has 1 aliphatic carbocycles. The molecule has 94 valence electrons. The first kappa shape index (κ1) is 12.6. The second-order valence-electron chi connectivity index (χ2n) is 5.00. The van der Waals surface area contributed by atoms with Crippen molar-refractivity contribution in [2.24, 2.45) is 5.92 Å². The van der Waals surface area contributed by atoms with E-state index in [0.717, 1.165) is 23.8 Å². The predicted octanol–water partition coefficient (Wildman–Crippen LogP) is 3.45. The van der Waals surface area contributed by atoms with Gasteiger partial charge in [0.15, 0.2) is 0 Å². The maximum absolute atomic E-state index is 6.02. The topological polar surface area (TPSA) is 29.0 Å². The molecule has 1 heterocycles. The van der Waals surface area contributed by atoms with E-state index in [4.69, 9.17) is 11.6 Å². The van der Waals surface area contributed by atoms with E-state index < -0.39 is 0 Å². The molecule has 0 atom stereocenters. The summed E-state index contributed by atoms with van der Waals surface area (Å²) in [6, 6.07) is 0. The van der Waals surface area contributed by atoms with Crippen LogP contribution in [0.25, 0.3) is 0 Å². The van der Waals surface area contributed by atoms with E-state index in [1.807, 2.05) is 6.92 Å². The molecule has 4 heteroatoms. The van der Waals surface area contributed by atoms with E-state index in [2.05, 4.69) is 21.9 Å². The van der Waals surface area contributed by atoms with E-state index in [1.54, 1.807) is 6.33 Å². The number of hydrogen-bond acceptors (Lipinski definition) is 3. The number of hydrogen-bond donors (Lipinski definition) is 0. The van der Waals surface area contributed by atoms with Crippen molar-refractivity contribution in [3.05, 3.63) is 17.0 Å². The second-order valence-corrected chi connectivity index (χ2v) is 5.36. The molecule has 0 saturated heterocycles. The lowest BCUT2D eigenvalue weighted by Gasteiger charge is -2.28. The van der Waals surface area contributed by atoms with Gasteiger partial charge in [-0.1, -0.05) is 30.9 Å². The fraction of sp³-hybridized carbons (Fsp3) is 0.692. The highest BCUT2D eigenvalue weighted by atomic mass is 35.5.